The van der Waals surface area contributed by atoms with Gasteiger partial charge >= 0.3 is 0 Å². The minimum absolute atomic E-state index is 0.0426. The van der Waals surface area contributed by atoms with Gasteiger partial charge < -0.3 is 4.57 Å². The summed E-state index contributed by atoms with van der Waals surface area (Å²) < 4.78 is 1.81. The van der Waals surface area contributed by atoms with Crippen molar-refractivity contribution in [1.29, 1.82) is 5.41 Å². The Hall–Kier alpha value is -1.38. The predicted molar refractivity (Wildman–Crippen MR) is 80.6 cm³/mol. The Morgan fingerprint density at radius 2 is 1.81 bits per heavy atom. The molecular formula is C18H24N2O. The lowest BCUT2D eigenvalue weighted by atomic mass is 9.48. The van der Waals surface area contributed by atoms with Gasteiger partial charge in [-0.25, -0.2) is 0 Å². The van der Waals surface area contributed by atoms with E-state index in [-0.39, 0.29) is 5.41 Å². The van der Waals surface area contributed by atoms with Crippen molar-refractivity contribution in [2.75, 3.05) is 0 Å². The molecule has 0 aliphatic heterocycles. The molecule has 0 spiro atoms. The van der Waals surface area contributed by atoms with Gasteiger partial charge in [0.15, 0.2) is 5.78 Å². The third kappa shape index (κ3) is 2.18. The van der Waals surface area contributed by atoms with Gasteiger partial charge in [0.25, 0.3) is 0 Å². The highest BCUT2D eigenvalue weighted by molar-refractivity contribution is 5.85. The average molecular weight is 284 g/mol. The van der Waals surface area contributed by atoms with Crippen molar-refractivity contribution < 1.29 is 4.79 Å². The van der Waals surface area contributed by atoms with Crippen molar-refractivity contribution in [1.82, 2.24) is 4.57 Å². The van der Waals surface area contributed by atoms with Gasteiger partial charge in [-0.05, 0) is 80.9 Å². The molecule has 5 rings (SSSR count). The Kier molecular flexibility index (Phi) is 2.88. The number of carbonyl (C=O) groups is 1. The Bertz CT molecular complexity index is 608. The summed E-state index contributed by atoms with van der Waals surface area (Å²) in [6.45, 7) is 2.38. The molecule has 4 bridgehead atoms. The first-order valence-electron chi connectivity index (χ1n) is 8.29. The van der Waals surface area contributed by atoms with Crippen LogP contribution >= 0.6 is 0 Å². The van der Waals surface area contributed by atoms with Crippen molar-refractivity contribution in [2.24, 2.45) is 23.2 Å². The van der Waals surface area contributed by atoms with E-state index < -0.39 is 0 Å². The fourth-order valence-electron chi connectivity index (χ4n) is 5.55. The van der Waals surface area contributed by atoms with Crippen molar-refractivity contribution >= 4 is 5.78 Å². The number of nitrogens with zero attached hydrogens (tertiary/aromatic N) is 1. The second-order valence-electron chi connectivity index (χ2n) is 7.84. The number of aromatic nitrogens is 1. The van der Waals surface area contributed by atoms with Crippen LogP contribution in [0.5, 0.6) is 0 Å². The van der Waals surface area contributed by atoms with Crippen molar-refractivity contribution in [3.05, 3.63) is 29.4 Å². The van der Waals surface area contributed by atoms with Crippen LogP contribution in [0, 0.1) is 35.5 Å². The van der Waals surface area contributed by atoms with Crippen LogP contribution < -0.4 is 5.49 Å². The molecule has 3 heteroatoms. The molecule has 0 amide bonds. The van der Waals surface area contributed by atoms with E-state index in [1.165, 1.54) is 19.3 Å². The second-order valence-corrected chi connectivity index (χ2v) is 7.84. The molecule has 0 unspecified atom stereocenters. The fraction of sp³-hybridized carbons (Fsp3) is 0.667. The molecule has 21 heavy (non-hydrogen) atoms. The smallest absolute Gasteiger partial charge is 0.158 e. The van der Waals surface area contributed by atoms with Crippen LogP contribution in [0.2, 0.25) is 0 Å². The van der Waals surface area contributed by atoms with E-state index in [0.29, 0.717) is 17.8 Å². The van der Waals surface area contributed by atoms with Crippen LogP contribution in [-0.2, 0) is 11.3 Å². The van der Waals surface area contributed by atoms with E-state index >= 15 is 0 Å². The van der Waals surface area contributed by atoms with Crippen molar-refractivity contribution in [3.8, 4) is 0 Å². The quantitative estimate of drug-likeness (QED) is 0.911. The third-order valence-electron chi connectivity index (χ3n) is 6.13. The Morgan fingerprint density at radius 3 is 2.33 bits per heavy atom. The van der Waals surface area contributed by atoms with Crippen molar-refractivity contribution in [2.45, 2.75) is 52.0 Å². The summed E-state index contributed by atoms with van der Waals surface area (Å²) >= 11 is 0. The van der Waals surface area contributed by atoms with Crippen molar-refractivity contribution in [3.63, 3.8) is 0 Å². The molecule has 4 aliphatic rings. The van der Waals surface area contributed by atoms with Gasteiger partial charge in [-0.1, -0.05) is 0 Å². The first kappa shape index (κ1) is 13.3. The van der Waals surface area contributed by atoms with E-state index in [2.05, 4.69) is 0 Å². The first-order chi connectivity index (χ1) is 10.0. The molecule has 112 valence electrons. The Morgan fingerprint density at radius 1 is 1.24 bits per heavy atom. The highest BCUT2D eigenvalue weighted by atomic mass is 16.1. The standard InChI is InChI=1S/C18H24N2O/c1-12-2-3-20(17(19)4-12)11-16(21)18-8-13-5-14(9-18)7-15(6-13)10-18/h2-4,13-15,19H,5-11H2,1H3. The molecule has 0 aromatic carbocycles. The Balaban J connectivity index is 1.59. The molecule has 4 aliphatic carbocycles. The Labute approximate surface area is 125 Å². The largest absolute Gasteiger partial charge is 0.326 e. The summed E-state index contributed by atoms with van der Waals surface area (Å²) in [4.78, 5) is 13.0. The van der Waals surface area contributed by atoms with Crippen LogP contribution in [0.4, 0.5) is 0 Å². The zero-order chi connectivity index (χ0) is 14.6. The van der Waals surface area contributed by atoms with Gasteiger partial charge in [0.1, 0.15) is 5.49 Å². The van der Waals surface area contributed by atoms with Gasteiger partial charge in [0, 0.05) is 11.6 Å². The van der Waals surface area contributed by atoms with E-state index in [1.807, 2.05) is 29.8 Å². The SMILES string of the molecule is Cc1ccn(CC(=O)C23CC4CC(CC(C4)C2)C3)c(=N)c1. The number of hydrogen-bond acceptors (Lipinski definition) is 2. The molecule has 1 N–H and O–H groups in total. The lowest BCUT2D eigenvalue weighted by Gasteiger charge is -2.56. The lowest BCUT2D eigenvalue weighted by Crippen LogP contribution is -2.51. The summed E-state index contributed by atoms with van der Waals surface area (Å²) in [5.74, 6) is 2.81. The summed E-state index contributed by atoms with van der Waals surface area (Å²) in [6.07, 6.45) is 9.37. The molecule has 3 nitrogen and oxygen atoms in total. The van der Waals surface area contributed by atoms with Crippen LogP contribution in [0.25, 0.3) is 0 Å². The van der Waals surface area contributed by atoms with Crippen LogP contribution in [0.1, 0.15) is 44.1 Å². The molecule has 1 heterocycles. The summed E-state index contributed by atoms with van der Waals surface area (Å²) in [6, 6.07) is 3.83. The van der Waals surface area contributed by atoms with Gasteiger partial charge in [-0.3, -0.25) is 10.2 Å². The monoisotopic (exact) mass is 284 g/mol. The van der Waals surface area contributed by atoms with E-state index in [4.69, 9.17) is 5.41 Å². The molecule has 4 saturated carbocycles. The van der Waals surface area contributed by atoms with Gasteiger partial charge in [0.05, 0.1) is 6.54 Å². The molecule has 0 radical (unpaired) electrons. The number of carbonyl (C=O) groups excluding carboxylic acids is 1. The zero-order valence-corrected chi connectivity index (χ0v) is 12.8. The summed E-state index contributed by atoms with van der Waals surface area (Å²) in [5, 5.41) is 8.05. The second kappa shape index (κ2) is 4.56. The fourth-order valence-corrected chi connectivity index (χ4v) is 5.55. The number of nitrogens with one attached hydrogen (secondary N) is 1. The molecule has 1 aromatic rings. The van der Waals surface area contributed by atoms with E-state index in [1.54, 1.807) is 0 Å². The normalized spacial score (nSPS) is 36.9. The maximum atomic E-state index is 13.0. The van der Waals surface area contributed by atoms with Crippen LogP contribution in [-0.4, -0.2) is 10.4 Å². The van der Waals surface area contributed by atoms with E-state index in [9.17, 15) is 4.79 Å². The summed E-state index contributed by atoms with van der Waals surface area (Å²) in [5.41, 5.74) is 1.49. The lowest BCUT2D eigenvalue weighted by molar-refractivity contribution is -0.144. The average Bonchev–Trinajstić information content (AvgIpc) is 2.40. The molecule has 4 fully saturated rings. The van der Waals surface area contributed by atoms with Gasteiger partial charge in [-0.2, -0.15) is 0 Å². The maximum absolute atomic E-state index is 13.0. The highest BCUT2D eigenvalue weighted by Crippen LogP contribution is 2.60. The number of aryl methyl sites for hydroxylation is 1. The maximum Gasteiger partial charge on any atom is 0.158 e. The number of ketones is 1. The number of rotatable bonds is 3. The number of hydrogen-bond donors (Lipinski definition) is 1. The number of pyridine rings is 1. The van der Waals surface area contributed by atoms with Gasteiger partial charge in [0.2, 0.25) is 0 Å². The molecule has 0 saturated heterocycles. The predicted octanol–water partition coefficient (Wildman–Crippen LogP) is 3.06. The molecule has 0 atom stereocenters. The highest BCUT2D eigenvalue weighted by Gasteiger charge is 2.54. The number of Topliss-reactive ketones (excluding diaryl/α,β-unsaturated/α-hetero) is 1. The molecule has 1 aromatic heterocycles. The van der Waals surface area contributed by atoms with E-state index in [0.717, 1.165) is 42.6 Å². The first-order valence-corrected chi connectivity index (χ1v) is 8.29. The van der Waals surface area contributed by atoms with Crippen LogP contribution in [0.15, 0.2) is 18.3 Å². The minimum atomic E-state index is -0.0426. The minimum Gasteiger partial charge on any atom is -0.326 e. The van der Waals surface area contributed by atoms with Crippen LogP contribution in [0.3, 0.4) is 0 Å². The topological polar surface area (TPSA) is 45.9 Å². The van der Waals surface area contributed by atoms with Gasteiger partial charge in [-0.15, -0.1) is 0 Å². The summed E-state index contributed by atoms with van der Waals surface area (Å²) in [7, 11) is 0. The molecular weight excluding hydrogens is 260 g/mol. The zero-order valence-electron chi connectivity index (χ0n) is 12.8. The third-order valence-corrected chi connectivity index (χ3v) is 6.13.